The quantitative estimate of drug-likeness (QED) is 0.113. The molecule has 3 N–H and O–H groups in total. The average molecular weight is 596 g/mol. The van der Waals surface area contributed by atoms with Crippen molar-refractivity contribution in [3.63, 3.8) is 0 Å². The lowest BCUT2D eigenvalue weighted by molar-refractivity contribution is -0.140. The summed E-state index contributed by atoms with van der Waals surface area (Å²) < 4.78 is 0. The van der Waals surface area contributed by atoms with Crippen molar-refractivity contribution < 1.29 is 4.79 Å². The van der Waals surface area contributed by atoms with Crippen LogP contribution >= 0.6 is 0 Å². The molecule has 2 heterocycles. The van der Waals surface area contributed by atoms with E-state index in [1.54, 1.807) is 0 Å². The Balaban J connectivity index is 1.44. The van der Waals surface area contributed by atoms with E-state index in [9.17, 15) is 10.1 Å². The molecule has 234 valence electrons. The predicted octanol–water partition coefficient (Wildman–Crippen LogP) is 5.79. The Morgan fingerprint density at radius 2 is 1.77 bits per heavy atom. The number of aryl methyl sites for hydroxylation is 2. The van der Waals surface area contributed by atoms with Crippen LogP contribution in [0.1, 0.15) is 74.6 Å². The maximum Gasteiger partial charge on any atom is 0.233 e. The number of hydrogen-bond donors (Lipinski definition) is 3. The number of nitriles is 1. The molecule has 1 aliphatic heterocycles. The molecule has 2 aliphatic rings. The summed E-state index contributed by atoms with van der Waals surface area (Å²) >= 11 is 0. The Labute approximate surface area is 262 Å². The summed E-state index contributed by atoms with van der Waals surface area (Å²) in [4.78, 5) is 26.6. The van der Waals surface area contributed by atoms with Gasteiger partial charge in [-0.25, -0.2) is 0 Å². The van der Waals surface area contributed by atoms with E-state index in [1.165, 1.54) is 41.5 Å². The average Bonchev–Trinajstić information content (AvgIpc) is 3.35. The number of aromatic amines is 1. The number of carbonyl (C=O) groups excluding carboxylic acids is 1. The van der Waals surface area contributed by atoms with Gasteiger partial charge in [0.25, 0.3) is 0 Å². The molecule has 1 aromatic heterocycles. The van der Waals surface area contributed by atoms with Crippen LogP contribution in [0.4, 0.5) is 0 Å². The van der Waals surface area contributed by atoms with Crippen LogP contribution in [0.5, 0.6) is 0 Å². The van der Waals surface area contributed by atoms with Crippen molar-refractivity contribution in [2.45, 2.75) is 78.1 Å². The highest BCUT2D eigenvalue weighted by atomic mass is 16.2. The van der Waals surface area contributed by atoms with E-state index in [4.69, 9.17) is 0 Å². The van der Waals surface area contributed by atoms with Crippen molar-refractivity contribution in [2.24, 2.45) is 4.99 Å². The third kappa shape index (κ3) is 6.78. The van der Waals surface area contributed by atoms with Crippen LogP contribution in [0.15, 0.2) is 41.4 Å². The lowest BCUT2D eigenvalue weighted by Gasteiger charge is -2.43. The summed E-state index contributed by atoms with van der Waals surface area (Å²) in [7, 11) is 0. The minimum atomic E-state index is -0.433. The number of guanidine groups is 1. The normalized spacial score (nSPS) is 16.8. The van der Waals surface area contributed by atoms with Crippen molar-refractivity contribution in [1.82, 2.24) is 25.4 Å². The number of piperidine rings is 1. The Hall–Kier alpha value is -3.83. The number of likely N-dealkylation sites (N-methyl/N-ethyl adjacent to an activating group) is 1. The highest BCUT2D eigenvalue weighted by molar-refractivity contribution is 5.95. The number of rotatable bonds is 11. The first-order valence-electron chi connectivity index (χ1n) is 16.6. The van der Waals surface area contributed by atoms with Crippen LogP contribution in [0, 0.1) is 25.3 Å². The summed E-state index contributed by atoms with van der Waals surface area (Å²) in [5.41, 5.74) is 7.71. The Bertz CT molecular complexity index is 1500. The molecule has 1 saturated heterocycles. The lowest BCUT2D eigenvalue weighted by atomic mass is 9.63. The van der Waals surface area contributed by atoms with E-state index >= 15 is 0 Å². The van der Waals surface area contributed by atoms with Gasteiger partial charge >= 0.3 is 0 Å². The third-order valence-electron chi connectivity index (χ3n) is 9.61. The summed E-state index contributed by atoms with van der Waals surface area (Å²) in [5, 5.41) is 16.7. The van der Waals surface area contributed by atoms with Gasteiger partial charge in [0.15, 0.2) is 6.19 Å². The number of amides is 1. The number of likely N-dealkylation sites (tertiary alicyclic amines) is 1. The fourth-order valence-electron chi connectivity index (χ4n) is 7.13. The van der Waals surface area contributed by atoms with E-state index in [0.717, 1.165) is 80.6 Å². The van der Waals surface area contributed by atoms with E-state index in [0.29, 0.717) is 19.0 Å². The number of H-pyrrole nitrogens is 1. The zero-order valence-electron chi connectivity index (χ0n) is 27.1. The first kappa shape index (κ1) is 31.6. The molecule has 44 heavy (non-hydrogen) atoms. The summed E-state index contributed by atoms with van der Waals surface area (Å²) in [5.74, 6) is 0.783. The van der Waals surface area contributed by atoms with Gasteiger partial charge in [0.05, 0.1) is 12.0 Å². The molecule has 2 aromatic carbocycles. The molecule has 0 unspecified atom stereocenters. The van der Waals surface area contributed by atoms with Crippen molar-refractivity contribution in [3.8, 4) is 17.5 Å². The fourth-order valence-corrected chi connectivity index (χ4v) is 7.13. The summed E-state index contributed by atoms with van der Waals surface area (Å²) in [6.07, 6.45) is 9.48. The molecule has 0 atom stereocenters. The molecule has 0 spiro atoms. The van der Waals surface area contributed by atoms with Gasteiger partial charge < -0.3 is 20.1 Å². The number of aromatic nitrogens is 1. The third-order valence-corrected chi connectivity index (χ3v) is 9.61. The maximum absolute atomic E-state index is 13.8. The van der Waals surface area contributed by atoms with Gasteiger partial charge in [0.1, 0.15) is 0 Å². The van der Waals surface area contributed by atoms with E-state index in [1.807, 2.05) is 11.1 Å². The van der Waals surface area contributed by atoms with E-state index < -0.39 is 5.41 Å². The molecule has 0 radical (unpaired) electrons. The molecule has 1 aliphatic carbocycles. The van der Waals surface area contributed by atoms with Crippen LogP contribution in [0.3, 0.4) is 0 Å². The predicted molar refractivity (Wildman–Crippen MR) is 180 cm³/mol. The number of nitrogens with zero attached hydrogens (tertiary/aromatic N) is 4. The Morgan fingerprint density at radius 3 is 2.41 bits per heavy atom. The van der Waals surface area contributed by atoms with Gasteiger partial charge in [0, 0.05) is 42.8 Å². The van der Waals surface area contributed by atoms with Gasteiger partial charge in [-0.05, 0) is 114 Å². The first-order valence-corrected chi connectivity index (χ1v) is 16.6. The number of carbonyl (C=O) groups is 1. The van der Waals surface area contributed by atoms with Gasteiger partial charge in [-0.2, -0.15) is 5.26 Å². The van der Waals surface area contributed by atoms with Gasteiger partial charge in [-0.15, -0.1) is 0 Å². The Kier molecular flexibility index (Phi) is 10.3. The molecule has 0 bridgehead atoms. The Morgan fingerprint density at radius 1 is 1.05 bits per heavy atom. The van der Waals surface area contributed by atoms with E-state index in [2.05, 4.69) is 89.6 Å². The van der Waals surface area contributed by atoms with E-state index in [-0.39, 0.29) is 5.91 Å². The minimum absolute atomic E-state index is 0.259. The molecule has 5 rings (SSSR count). The molecular formula is C36H49N7O. The zero-order valence-corrected chi connectivity index (χ0v) is 27.1. The van der Waals surface area contributed by atoms with Crippen LogP contribution in [0.25, 0.3) is 22.2 Å². The number of nitrogens with one attached hydrogen (secondary N) is 3. The van der Waals surface area contributed by atoms with Gasteiger partial charge in [0.2, 0.25) is 11.9 Å². The molecular weight excluding hydrogens is 546 g/mol. The van der Waals surface area contributed by atoms with Crippen LogP contribution in [0.2, 0.25) is 0 Å². The summed E-state index contributed by atoms with van der Waals surface area (Å²) in [6.45, 7) is 14.3. The lowest BCUT2D eigenvalue weighted by Crippen LogP contribution is -2.51. The monoisotopic (exact) mass is 595 g/mol. The van der Waals surface area contributed by atoms with Crippen molar-refractivity contribution in [2.75, 3.05) is 45.8 Å². The van der Waals surface area contributed by atoms with Crippen LogP contribution in [-0.4, -0.2) is 72.5 Å². The molecule has 1 amide bonds. The second-order valence-corrected chi connectivity index (χ2v) is 12.6. The first-order chi connectivity index (χ1) is 21.4. The smallest absolute Gasteiger partial charge is 0.233 e. The van der Waals surface area contributed by atoms with Crippen LogP contribution < -0.4 is 10.6 Å². The number of hydrogen-bond acceptors (Lipinski definition) is 4. The summed E-state index contributed by atoms with van der Waals surface area (Å²) in [6, 6.07) is 13.3. The number of aliphatic imine (C=N–C) groups is 1. The highest BCUT2D eigenvalue weighted by Crippen LogP contribution is 2.46. The fraction of sp³-hybridized carbons (Fsp3) is 0.528. The molecule has 8 heteroatoms. The van der Waals surface area contributed by atoms with Gasteiger partial charge in [-0.3, -0.25) is 15.1 Å². The zero-order chi connectivity index (χ0) is 31.1. The SMILES string of the molecule is CCN(CC)C(=O)C1(c2ccc3[nH]c(-c4cc(C)cc(C)c4)c(CCNC(=NCCN4CCCCC4)NC#N)c3c2)CCC1. The van der Waals surface area contributed by atoms with Crippen molar-refractivity contribution in [3.05, 3.63) is 58.7 Å². The second kappa shape index (κ2) is 14.3. The number of benzene rings is 2. The van der Waals surface area contributed by atoms with Gasteiger partial charge in [-0.1, -0.05) is 36.1 Å². The molecule has 3 aromatic rings. The second-order valence-electron chi connectivity index (χ2n) is 12.6. The highest BCUT2D eigenvalue weighted by Gasteiger charge is 2.47. The molecule has 8 nitrogen and oxygen atoms in total. The molecule has 1 saturated carbocycles. The van der Waals surface area contributed by atoms with Crippen molar-refractivity contribution >= 4 is 22.8 Å². The number of fused-ring (bicyclic) bond motifs is 1. The van der Waals surface area contributed by atoms with Crippen molar-refractivity contribution in [1.29, 1.82) is 5.26 Å². The standard InChI is InChI=1S/C36H49N7O/c1-5-43(6-2)34(44)36(14-10-15-36)29-11-12-32-31(24-29)30(33(41-32)28-22-26(3)21-27(4)23-28)13-16-38-35(40-25-37)39-17-20-42-18-8-7-9-19-42/h11-12,21-24,41H,5-10,13-20H2,1-4H3,(H2,38,39,40). The minimum Gasteiger partial charge on any atom is -0.355 e. The topological polar surface area (TPSA) is 99.6 Å². The van der Waals surface area contributed by atoms with Crippen LogP contribution in [-0.2, 0) is 16.6 Å². The largest absolute Gasteiger partial charge is 0.355 e. The maximum atomic E-state index is 13.8. The molecule has 2 fully saturated rings.